The number of amides is 2. The molecule has 4 bridgehead atoms. The van der Waals surface area contributed by atoms with Crippen LogP contribution >= 0.6 is 0 Å². The monoisotopic (exact) mass is 349 g/mol. The van der Waals surface area contributed by atoms with Crippen LogP contribution in [0.25, 0.3) is 0 Å². The van der Waals surface area contributed by atoms with Gasteiger partial charge >= 0.3 is 0 Å². The van der Waals surface area contributed by atoms with E-state index >= 15 is 0 Å². The molecule has 4 aliphatic rings. The van der Waals surface area contributed by atoms with E-state index in [0.29, 0.717) is 6.54 Å². The topological polar surface area (TPSA) is 70.2 Å². The first-order valence-corrected chi connectivity index (χ1v) is 10.1. The minimum atomic E-state index is -0.440. The Morgan fingerprint density at radius 1 is 1.00 bits per heavy atom. The fourth-order valence-corrected chi connectivity index (χ4v) is 5.68. The van der Waals surface area contributed by atoms with Crippen LogP contribution < -0.4 is 16.0 Å². The molecule has 25 heavy (non-hydrogen) atoms. The van der Waals surface area contributed by atoms with Crippen molar-refractivity contribution in [1.29, 1.82) is 0 Å². The Hall–Kier alpha value is -1.10. The Labute approximate surface area is 152 Å². The number of carbonyl (C=O) groups excluding carboxylic acids is 2. The van der Waals surface area contributed by atoms with Gasteiger partial charge in [-0.1, -0.05) is 13.8 Å². The largest absolute Gasteiger partial charge is 0.353 e. The minimum absolute atomic E-state index is 0.0600. The van der Waals surface area contributed by atoms with E-state index in [1.54, 1.807) is 0 Å². The van der Waals surface area contributed by atoms with E-state index in [1.807, 2.05) is 27.8 Å². The molecule has 4 aliphatic carbocycles. The lowest BCUT2D eigenvalue weighted by molar-refractivity contribution is -0.149. The van der Waals surface area contributed by atoms with Gasteiger partial charge in [0.05, 0.1) is 0 Å². The van der Waals surface area contributed by atoms with Crippen LogP contribution in [0, 0.1) is 29.1 Å². The Kier molecular flexibility index (Phi) is 5.42. The van der Waals surface area contributed by atoms with E-state index in [0.717, 1.165) is 37.0 Å². The number of carbonyl (C=O) groups is 2. The fourth-order valence-electron chi connectivity index (χ4n) is 5.68. The van der Waals surface area contributed by atoms with Crippen molar-refractivity contribution in [3.05, 3.63) is 0 Å². The molecular weight excluding hydrogens is 314 g/mol. The van der Waals surface area contributed by atoms with E-state index in [2.05, 4.69) is 16.0 Å². The van der Waals surface area contributed by atoms with Gasteiger partial charge in [0.2, 0.25) is 11.8 Å². The summed E-state index contributed by atoms with van der Waals surface area (Å²) in [7, 11) is 1.88. The summed E-state index contributed by atoms with van der Waals surface area (Å²) in [4.78, 5) is 25.8. The predicted octanol–water partition coefficient (Wildman–Crippen LogP) is 2.07. The number of nitrogens with one attached hydrogen (secondary N) is 3. The minimum Gasteiger partial charge on any atom is -0.353 e. The highest BCUT2D eigenvalue weighted by atomic mass is 16.2. The molecule has 5 nitrogen and oxygen atoms in total. The molecule has 0 radical (unpaired) electrons. The summed E-state index contributed by atoms with van der Waals surface area (Å²) in [6.07, 6.45) is 7.07. The zero-order valence-corrected chi connectivity index (χ0v) is 16.2. The summed E-state index contributed by atoms with van der Waals surface area (Å²) in [5.41, 5.74) is -0.194. The Morgan fingerprint density at radius 3 is 1.96 bits per heavy atom. The average Bonchev–Trinajstić information content (AvgIpc) is 2.55. The second kappa shape index (κ2) is 7.26. The van der Waals surface area contributed by atoms with Crippen LogP contribution in [-0.4, -0.2) is 37.5 Å². The van der Waals surface area contributed by atoms with Crippen molar-refractivity contribution in [3.8, 4) is 0 Å². The van der Waals surface area contributed by atoms with Gasteiger partial charge in [0.15, 0.2) is 0 Å². The molecule has 0 aliphatic heterocycles. The molecule has 2 atom stereocenters. The van der Waals surface area contributed by atoms with E-state index in [9.17, 15) is 9.59 Å². The van der Waals surface area contributed by atoms with Gasteiger partial charge in [0.1, 0.15) is 6.04 Å². The third-order valence-electron chi connectivity index (χ3n) is 6.83. The number of likely N-dealkylation sites (N-methyl/N-ethyl adjacent to an activating group) is 1. The first-order valence-electron chi connectivity index (χ1n) is 10.1. The molecule has 0 aromatic carbocycles. The van der Waals surface area contributed by atoms with Gasteiger partial charge in [-0.25, -0.2) is 0 Å². The fraction of sp³-hybridized carbons (Fsp3) is 0.900. The van der Waals surface area contributed by atoms with Crippen LogP contribution in [0.5, 0.6) is 0 Å². The van der Waals surface area contributed by atoms with E-state index in [-0.39, 0.29) is 29.2 Å². The molecule has 3 N–H and O–H groups in total. The molecule has 0 aromatic rings. The van der Waals surface area contributed by atoms with Crippen LogP contribution in [0.2, 0.25) is 0 Å². The Morgan fingerprint density at radius 2 is 1.52 bits per heavy atom. The van der Waals surface area contributed by atoms with Gasteiger partial charge in [-0.15, -0.1) is 0 Å². The van der Waals surface area contributed by atoms with Gasteiger partial charge in [-0.3, -0.25) is 9.59 Å². The van der Waals surface area contributed by atoms with Crippen molar-refractivity contribution in [3.63, 3.8) is 0 Å². The molecule has 0 saturated heterocycles. The van der Waals surface area contributed by atoms with Crippen molar-refractivity contribution in [2.75, 3.05) is 13.6 Å². The predicted molar refractivity (Wildman–Crippen MR) is 98.9 cm³/mol. The van der Waals surface area contributed by atoms with Crippen molar-refractivity contribution >= 4 is 11.8 Å². The second-order valence-electron chi connectivity index (χ2n) is 9.33. The van der Waals surface area contributed by atoms with Gasteiger partial charge in [-0.05, 0) is 76.2 Å². The van der Waals surface area contributed by atoms with Crippen LogP contribution in [0.4, 0.5) is 0 Å². The molecule has 2 unspecified atom stereocenters. The van der Waals surface area contributed by atoms with E-state index < -0.39 is 6.04 Å². The molecule has 4 fully saturated rings. The highest BCUT2D eigenvalue weighted by Gasteiger charge is 2.55. The first kappa shape index (κ1) is 18.7. The maximum Gasteiger partial charge on any atom is 0.242 e. The van der Waals surface area contributed by atoms with Crippen molar-refractivity contribution in [2.45, 2.75) is 71.4 Å². The number of hydrogen-bond acceptors (Lipinski definition) is 3. The number of hydrogen-bond donors (Lipinski definition) is 3. The molecular formula is C20H35N3O2. The maximum atomic E-state index is 13.2. The quantitative estimate of drug-likeness (QED) is 0.659. The summed E-state index contributed by atoms with van der Waals surface area (Å²) in [6, 6.07) is -0.222. The molecule has 0 heterocycles. The van der Waals surface area contributed by atoms with Gasteiger partial charge < -0.3 is 16.0 Å². The maximum absolute atomic E-state index is 13.2. The van der Waals surface area contributed by atoms with Crippen LogP contribution in [0.3, 0.4) is 0 Å². The van der Waals surface area contributed by atoms with Crippen LogP contribution in [0.1, 0.15) is 59.3 Å². The van der Waals surface area contributed by atoms with E-state index in [1.165, 1.54) is 19.3 Å². The highest BCUT2D eigenvalue weighted by Crippen LogP contribution is 2.60. The Bertz CT molecular complexity index is 482. The molecule has 0 spiro atoms. The van der Waals surface area contributed by atoms with Gasteiger partial charge in [0, 0.05) is 18.0 Å². The smallest absolute Gasteiger partial charge is 0.242 e. The summed E-state index contributed by atoms with van der Waals surface area (Å²) >= 11 is 0. The summed E-state index contributed by atoms with van der Waals surface area (Å²) in [6.45, 7) is 6.61. The summed E-state index contributed by atoms with van der Waals surface area (Å²) in [5.74, 6) is 2.37. The normalized spacial score (nSPS) is 35.5. The first-order chi connectivity index (χ1) is 11.8. The second-order valence-corrected chi connectivity index (χ2v) is 9.33. The SMILES string of the molecule is CNC(C)CNC(=O)C(NC(=O)C12CC3CC(CC(C3)C1)C2)C(C)C. The summed E-state index contributed by atoms with van der Waals surface area (Å²) in [5, 5.41) is 9.24. The third kappa shape index (κ3) is 3.86. The van der Waals surface area contributed by atoms with Crippen LogP contribution in [-0.2, 0) is 9.59 Å². The van der Waals surface area contributed by atoms with Gasteiger partial charge in [0.25, 0.3) is 0 Å². The van der Waals surface area contributed by atoms with Gasteiger partial charge in [-0.2, -0.15) is 0 Å². The Balaban J connectivity index is 1.64. The standard InChI is InChI=1S/C20H35N3O2/c1-12(2)17(18(24)22-11-13(3)21-4)23-19(25)20-8-14-5-15(9-20)7-16(6-14)10-20/h12-17,21H,5-11H2,1-4H3,(H,22,24)(H,23,25). The van der Waals surface area contributed by atoms with Crippen molar-refractivity contribution in [2.24, 2.45) is 29.1 Å². The zero-order chi connectivity index (χ0) is 18.2. The molecule has 142 valence electrons. The molecule has 5 heteroatoms. The zero-order valence-electron chi connectivity index (χ0n) is 16.2. The van der Waals surface area contributed by atoms with Crippen molar-refractivity contribution < 1.29 is 9.59 Å². The third-order valence-corrected chi connectivity index (χ3v) is 6.83. The molecule has 0 aromatic heterocycles. The molecule has 4 saturated carbocycles. The molecule has 4 rings (SSSR count). The average molecular weight is 350 g/mol. The lowest BCUT2D eigenvalue weighted by Crippen LogP contribution is -2.58. The summed E-state index contributed by atoms with van der Waals surface area (Å²) < 4.78 is 0. The van der Waals surface area contributed by atoms with Crippen molar-refractivity contribution in [1.82, 2.24) is 16.0 Å². The number of rotatable bonds is 7. The lowest BCUT2D eigenvalue weighted by atomic mass is 9.49. The van der Waals surface area contributed by atoms with Crippen LogP contribution in [0.15, 0.2) is 0 Å². The molecule has 2 amide bonds. The van der Waals surface area contributed by atoms with E-state index in [4.69, 9.17) is 0 Å². The lowest BCUT2D eigenvalue weighted by Gasteiger charge is -2.55. The highest BCUT2D eigenvalue weighted by molar-refractivity contribution is 5.90.